The molecule has 2 rings (SSSR count). The van der Waals surface area contributed by atoms with Crippen molar-refractivity contribution in [2.45, 2.75) is 6.61 Å². The van der Waals surface area contributed by atoms with E-state index in [0.717, 1.165) is 23.7 Å². The van der Waals surface area contributed by atoms with E-state index in [-0.39, 0.29) is 0 Å². The Bertz CT molecular complexity index is 553. The number of nitrogens with one attached hydrogen (secondary N) is 1. The minimum Gasteiger partial charge on any atom is -0.472 e. The van der Waals surface area contributed by atoms with Gasteiger partial charge in [-0.15, -0.1) is 0 Å². The maximum Gasteiger partial charge on any atom is 0.234 e. The van der Waals surface area contributed by atoms with Crippen molar-refractivity contribution in [3.05, 3.63) is 47.2 Å². The summed E-state index contributed by atoms with van der Waals surface area (Å²) in [5.41, 5.74) is 1.00. The van der Waals surface area contributed by atoms with Crippen molar-refractivity contribution in [3.8, 4) is 5.88 Å². The standard InChI is InChI=1S/C14H16ClN3OS/c1-20-6-5-17-13-8-16-9-14(18-13)19-10-11-3-2-4-12(15)7-11/h2-4,7-9H,5-6,10H2,1H3,(H,17,18). The Morgan fingerprint density at radius 1 is 1.35 bits per heavy atom. The quantitative estimate of drug-likeness (QED) is 0.793. The Morgan fingerprint density at radius 3 is 3.05 bits per heavy atom. The van der Waals surface area contributed by atoms with Crippen LogP contribution >= 0.6 is 23.4 Å². The van der Waals surface area contributed by atoms with Crippen molar-refractivity contribution in [1.29, 1.82) is 0 Å². The fraction of sp³-hybridized carbons (Fsp3) is 0.286. The van der Waals surface area contributed by atoms with E-state index in [1.54, 1.807) is 24.2 Å². The van der Waals surface area contributed by atoms with Gasteiger partial charge in [0.15, 0.2) is 0 Å². The van der Waals surface area contributed by atoms with Crippen LogP contribution in [0.5, 0.6) is 5.88 Å². The molecule has 1 heterocycles. The Balaban J connectivity index is 1.91. The molecule has 0 amide bonds. The lowest BCUT2D eigenvalue weighted by molar-refractivity contribution is 0.293. The van der Waals surface area contributed by atoms with Gasteiger partial charge in [-0.25, -0.2) is 0 Å². The van der Waals surface area contributed by atoms with Crippen LogP contribution in [0.1, 0.15) is 5.56 Å². The van der Waals surface area contributed by atoms with Crippen molar-refractivity contribution in [2.24, 2.45) is 0 Å². The number of thioether (sulfide) groups is 1. The molecular formula is C14H16ClN3OS. The molecule has 0 aliphatic rings. The summed E-state index contributed by atoms with van der Waals surface area (Å²) in [7, 11) is 0. The summed E-state index contributed by atoms with van der Waals surface area (Å²) in [6.45, 7) is 1.27. The highest BCUT2D eigenvalue weighted by molar-refractivity contribution is 7.98. The van der Waals surface area contributed by atoms with E-state index in [4.69, 9.17) is 16.3 Å². The third-order valence-corrected chi connectivity index (χ3v) is 3.35. The Kier molecular flexibility index (Phi) is 5.95. The minimum absolute atomic E-state index is 0.420. The van der Waals surface area contributed by atoms with E-state index in [9.17, 15) is 0 Å². The fourth-order valence-corrected chi connectivity index (χ4v) is 2.09. The van der Waals surface area contributed by atoms with Gasteiger partial charge in [0, 0.05) is 17.3 Å². The van der Waals surface area contributed by atoms with Crippen molar-refractivity contribution < 1.29 is 4.74 Å². The first-order valence-electron chi connectivity index (χ1n) is 6.20. The number of halogens is 1. The van der Waals surface area contributed by atoms with E-state index in [1.807, 2.05) is 24.3 Å². The molecule has 0 atom stereocenters. The molecule has 0 aliphatic heterocycles. The first-order chi connectivity index (χ1) is 9.78. The third-order valence-electron chi connectivity index (χ3n) is 2.50. The highest BCUT2D eigenvalue weighted by Crippen LogP contribution is 2.14. The predicted molar refractivity (Wildman–Crippen MR) is 84.7 cm³/mol. The number of hydrogen-bond donors (Lipinski definition) is 1. The second-order valence-corrected chi connectivity index (χ2v) is 5.50. The largest absolute Gasteiger partial charge is 0.472 e. The summed E-state index contributed by atoms with van der Waals surface area (Å²) in [6, 6.07) is 7.56. The topological polar surface area (TPSA) is 47.0 Å². The molecule has 0 saturated carbocycles. The zero-order chi connectivity index (χ0) is 14.2. The van der Waals surface area contributed by atoms with Crippen LogP contribution in [0.3, 0.4) is 0 Å². The summed E-state index contributed by atoms with van der Waals surface area (Å²) in [5, 5.41) is 3.90. The van der Waals surface area contributed by atoms with Crippen LogP contribution in [0, 0.1) is 0 Å². The number of rotatable bonds is 7. The van der Waals surface area contributed by atoms with Crippen LogP contribution in [0.25, 0.3) is 0 Å². The fourth-order valence-electron chi connectivity index (χ4n) is 1.57. The van der Waals surface area contributed by atoms with Crippen molar-refractivity contribution >= 4 is 29.2 Å². The summed E-state index contributed by atoms with van der Waals surface area (Å²) >= 11 is 7.71. The molecule has 1 aromatic heterocycles. The monoisotopic (exact) mass is 309 g/mol. The molecule has 0 unspecified atom stereocenters. The summed E-state index contributed by atoms with van der Waals surface area (Å²) in [4.78, 5) is 8.45. The van der Waals surface area contributed by atoms with Crippen LogP contribution in [-0.2, 0) is 6.61 Å². The van der Waals surface area contributed by atoms with E-state index >= 15 is 0 Å². The molecule has 0 radical (unpaired) electrons. The van der Waals surface area contributed by atoms with Gasteiger partial charge in [0.25, 0.3) is 0 Å². The first kappa shape index (κ1) is 14.9. The summed E-state index contributed by atoms with van der Waals surface area (Å²) < 4.78 is 5.62. The van der Waals surface area contributed by atoms with Crippen LogP contribution in [-0.4, -0.2) is 28.5 Å². The number of aromatic nitrogens is 2. The third kappa shape index (κ3) is 4.90. The highest BCUT2D eigenvalue weighted by atomic mass is 35.5. The predicted octanol–water partition coefficient (Wildman–Crippen LogP) is 3.48. The van der Waals surface area contributed by atoms with Crippen molar-refractivity contribution in [3.63, 3.8) is 0 Å². The molecule has 1 N–H and O–H groups in total. The van der Waals surface area contributed by atoms with Crippen LogP contribution in [0.4, 0.5) is 5.82 Å². The summed E-state index contributed by atoms with van der Waals surface area (Å²) in [6.07, 6.45) is 5.36. The van der Waals surface area contributed by atoms with Crippen LogP contribution in [0.2, 0.25) is 5.02 Å². The lowest BCUT2D eigenvalue weighted by Gasteiger charge is -2.08. The van der Waals surface area contributed by atoms with E-state index in [1.165, 1.54) is 0 Å². The van der Waals surface area contributed by atoms with Crippen LogP contribution < -0.4 is 10.1 Å². The SMILES string of the molecule is CSCCNc1cncc(OCc2cccc(Cl)c2)n1. The second-order valence-electron chi connectivity index (χ2n) is 4.08. The van der Waals surface area contributed by atoms with E-state index < -0.39 is 0 Å². The molecule has 1 aromatic carbocycles. The molecule has 0 saturated heterocycles. The minimum atomic E-state index is 0.420. The number of hydrogen-bond acceptors (Lipinski definition) is 5. The van der Waals surface area contributed by atoms with Gasteiger partial charge in [0.1, 0.15) is 12.4 Å². The van der Waals surface area contributed by atoms with Gasteiger partial charge in [-0.05, 0) is 24.0 Å². The maximum absolute atomic E-state index is 5.93. The average molecular weight is 310 g/mol. The molecule has 4 nitrogen and oxygen atoms in total. The van der Waals surface area contributed by atoms with Gasteiger partial charge in [0.05, 0.1) is 12.4 Å². The number of anilines is 1. The van der Waals surface area contributed by atoms with Gasteiger partial charge < -0.3 is 10.1 Å². The molecule has 6 heteroatoms. The Labute approximate surface area is 127 Å². The normalized spacial score (nSPS) is 10.3. The zero-order valence-electron chi connectivity index (χ0n) is 11.2. The van der Waals surface area contributed by atoms with E-state index in [2.05, 4.69) is 21.5 Å². The lowest BCUT2D eigenvalue weighted by Crippen LogP contribution is -2.07. The molecule has 0 fully saturated rings. The smallest absolute Gasteiger partial charge is 0.234 e. The Hall–Kier alpha value is -1.46. The van der Waals surface area contributed by atoms with E-state index in [0.29, 0.717) is 17.5 Å². The van der Waals surface area contributed by atoms with Crippen LogP contribution in [0.15, 0.2) is 36.7 Å². The number of benzene rings is 1. The molecule has 106 valence electrons. The highest BCUT2D eigenvalue weighted by Gasteiger charge is 2.01. The zero-order valence-corrected chi connectivity index (χ0v) is 12.7. The number of ether oxygens (including phenoxy) is 1. The average Bonchev–Trinajstić information content (AvgIpc) is 2.46. The van der Waals surface area contributed by atoms with Gasteiger partial charge >= 0.3 is 0 Å². The lowest BCUT2D eigenvalue weighted by atomic mass is 10.2. The molecule has 0 spiro atoms. The van der Waals surface area contributed by atoms with Crippen molar-refractivity contribution in [2.75, 3.05) is 23.9 Å². The molecular weight excluding hydrogens is 294 g/mol. The van der Waals surface area contributed by atoms with Gasteiger partial charge in [-0.3, -0.25) is 4.98 Å². The van der Waals surface area contributed by atoms with Gasteiger partial charge in [-0.2, -0.15) is 16.7 Å². The molecule has 20 heavy (non-hydrogen) atoms. The molecule has 0 aliphatic carbocycles. The number of nitrogens with zero attached hydrogens (tertiary/aromatic N) is 2. The molecule has 0 bridgehead atoms. The Morgan fingerprint density at radius 2 is 2.25 bits per heavy atom. The first-order valence-corrected chi connectivity index (χ1v) is 7.97. The maximum atomic E-state index is 5.93. The van der Waals surface area contributed by atoms with Crippen molar-refractivity contribution in [1.82, 2.24) is 9.97 Å². The van der Waals surface area contributed by atoms with Gasteiger partial charge in [-0.1, -0.05) is 23.7 Å². The molecule has 2 aromatic rings. The summed E-state index contributed by atoms with van der Waals surface area (Å²) in [5.74, 6) is 2.25. The van der Waals surface area contributed by atoms with Gasteiger partial charge in [0.2, 0.25) is 5.88 Å². The second kappa shape index (κ2) is 7.97.